The molecule has 0 aromatic heterocycles. The molecule has 3 nitrogen and oxygen atoms in total. The number of nitrogens with two attached hydrogens (primary N) is 1. The number of carbonyl (C=O) groups is 1. The lowest BCUT2D eigenvalue weighted by Crippen LogP contribution is -2.25. The van der Waals surface area contributed by atoms with Crippen molar-refractivity contribution in [3.8, 4) is 0 Å². The van der Waals surface area contributed by atoms with Gasteiger partial charge >= 0.3 is 0 Å². The van der Waals surface area contributed by atoms with Gasteiger partial charge in [0.25, 0.3) is 0 Å². The van der Waals surface area contributed by atoms with Gasteiger partial charge in [-0.2, -0.15) is 0 Å². The van der Waals surface area contributed by atoms with Crippen LogP contribution >= 0.6 is 0 Å². The molecule has 1 aromatic carbocycles. The van der Waals surface area contributed by atoms with Gasteiger partial charge < -0.3 is 10.6 Å². The van der Waals surface area contributed by atoms with Crippen molar-refractivity contribution in [1.29, 1.82) is 0 Å². The van der Waals surface area contributed by atoms with Crippen LogP contribution in [0.2, 0.25) is 0 Å². The van der Waals surface area contributed by atoms with Crippen LogP contribution in [0.4, 0.5) is 5.69 Å². The van der Waals surface area contributed by atoms with Crippen molar-refractivity contribution in [2.45, 2.75) is 32.6 Å². The standard InChI is InChI=1S/C15H22N2O/c1-11(12(2)15(16)18)13-5-7-14(8-6-13)17-9-3-4-10-17/h5-8,11-12H,3-4,9-10H2,1-2H3,(H2,16,18)/t11-,12?/m0/s1. The molecule has 18 heavy (non-hydrogen) atoms. The van der Waals surface area contributed by atoms with Gasteiger partial charge in [-0.25, -0.2) is 0 Å². The molecule has 1 aliphatic heterocycles. The lowest BCUT2D eigenvalue weighted by Gasteiger charge is -2.20. The van der Waals surface area contributed by atoms with Crippen LogP contribution in [0.15, 0.2) is 24.3 Å². The van der Waals surface area contributed by atoms with E-state index in [1.54, 1.807) is 0 Å². The normalized spacial score (nSPS) is 18.7. The topological polar surface area (TPSA) is 46.3 Å². The molecule has 1 fully saturated rings. The Morgan fingerprint density at radius 2 is 1.72 bits per heavy atom. The van der Waals surface area contributed by atoms with Crippen molar-refractivity contribution in [3.05, 3.63) is 29.8 Å². The second-order valence-electron chi connectivity index (χ2n) is 5.27. The van der Waals surface area contributed by atoms with Crippen molar-refractivity contribution < 1.29 is 4.79 Å². The third kappa shape index (κ3) is 2.66. The van der Waals surface area contributed by atoms with Gasteiger partial charge in [-0.05, 0) is 36.5 Å². The first kappa shape index (κ1) is 12.9. The number of nitrogens with zero attached hydrogens (tertiary/aromatic N) is 1. The van der Waals surface area contributed by atoms with Crippen molar-refractivity contribution in [3.63, 3.8) is 0 Å². The molecule has 0 aliphatic carbocycles. The summed E-state index contributed by atoms with van der Waals surface area (Å²) in [6, 6.07) is 8.56. The molecule has 1 heterocycles. The molecule has 2 rings (SSSR count). The van der Waals surface area contributed by atoms with Crippen LogP contribution in [0, 0.1) is 5.92 Å². The summed E-state index contributed by atoms with van der Waals surface area (Å²) in [5, 5.41) is 0. The molecule has 0 bridgehead atoms. The molecule has 98 valence electrons. The van der Waals surface area contributed by atoms with Crippen LogP contribution in [-0.2, 0) is 4.79 Å². The molecule has 2 atom stereocenters. The van der Waals surface area contributed by atoms with E-state index < -0.39 is 0 Å². The van der Waals surface area contributed by atoms with Gasteiger partial charge in [-0.3, -0.25) is 4.79 Å². The highest BCUT2D eigenvalue weighted by molar-refractivity contribution is 5.77. The monoisotopic (exact) mass is 246 g/mol. The smallest absolute Gasteiger partial charge is 0.220 e. The SMILES string of the molecule is CC(C(N)=O)[C@H](C)c1ccc(N2CCCC2)cc1. The quantitative estimate of drug-likeness (QED) is 0.887. The summed E-state index contributed by atoms with van der Waals surface area (Å²) < 4.78 is 0. The number of rotatable bonds is 4. The summed E-state index contributed by atoms with van der Waals surface area (Å²) in [5.41, 5.74) is 7.83. The van der Waals surface area contributed by atoms with Gasteiger partial charge in [-0.1, -0.05) is 26.0 Å². The summed E-state index contributed by atoms with van der Waals surface area (Å²) in [4.78, 5) is 13.6. The van der Waals surface area contributed by atoms with Gasteiger partial charge in [0, 0.05) is 24.7 Å². The van der Waals surface area contributed by atoms with Crippen LogP contribution in [0.1, 0.15) is 38.2 Å². The van der Waals surface area contributed by atoms with E-state index >= 15 is 0 Å². The zero-order valence-electron chi connectivity index (χ0n) is 11.2. The highest BCUT2D eigenvalue weighted by Gasteiger charge is 2.19. The molecule has 1 unspecified atom stereocenters. The molecule has 0 saturated carbocycles. The van der Waals surface area contributed by atoms with Crippen molar-refractivity contribution in [2.75, 3.05) is 18.0 Å². The van der Waals surface area contributed by atoms with Gasteiger partial charge in [0.2, 0.25) is 5.91 Å². The molecular weight excluding hydrogens is 224 g/mol. The number of amides is 1. The maximum absolute atomic E-state index is 11.2. The molecule has 1 saturated heterocycles. The van der Waals surface area contributed by atoms with Crippen LogP contribution < -0.4 is 10.6 Å². The summed E-state index contributed by atoms with van der Waals surface area (Å²) in [5.74, 6) is -0.177. The second-order valence-corrected chi connectivity index (χ2v) is 5.27. The molecule has 0 radical (unpaired) electrons. The number of hydrogen-bond acceptors (Lipinski definition) is 2. The van der Waals surface area contributed by atoms with E-state index in [-0.39, 0.29) is 17.7 Å². The third-order valence-electron chi connectivity index (χ3n) is 4.09. The van der Waals surface area contributed by atoms with Crippen molar-refractivity contribution in [2.24, 2.45) is 11.7 Å². The zero-order chi connectivity index (χ0) is 13.1. The Kier molecular flexibility index (Phi) is 3.90. The maximum Gasteiger partial charge on any atom is 0.220 e. The van der Waals surface area contributed by atoms with E-state index in [9.17, 15) is 4.79 Å². The average Bonchev–Trinajstić information content (AvgIpc) is 2.91. The Bertz CT molecular complexity index is 407. The Labute approximate surface area is 109 Å². The van der Waals surface area contributed by atoms with Crippen LogP contribution in [0.3, 0.4) is 0 Å². The molecule has 3 heteroatoms. The highest BCUT2D eigenvalue weighted by atomic mass is 16.1. The minimum absolute atomic E-state index is 0.123. The fourth-order valence-corrected chi connectivity index (χ4v) is 2.50. The average molecular weight is 246 g/mol. The van der Waals surface area contributed by atoms with E-state index in [4.69, 9.17) is 5.73 Å². The Morgan fingerprint density at radius 3 is 2.22 bits per heavy atom. The predicted octanol–water partition coefficient (Wildman–Crippen LogP) is 2.51. The van der Waals surface area contributed by atoms with Crippen molar-refractivity contribution in [1.82, 2.24) is 0 Å². The van der Waals surface area contributed by atoms with Gasteiger partial charge in [-0.15, -0.1) is 0 Å². The minimum Gasteiger partial charge on any atom is -0.372 e. The van der Waals surface area contributed by atoms with Crippen LogP contribution in [0.25, 0.3) is 0 Å². The molecule has 2 N–H and O–H groups in total. The van der Waals surface area contributed by atoms with Gasteiger partial charge in [0.1, 0.15) is 0 Å². The number of carbonyl (C=O) groups excluding carboxylic acids is 1. The highest BCUT2D eigenvalue weighted by Crippen LogP contribution is 2.27. The molecule has 1 aromatic rings. The maximum atomic E-state index is 11.2. The van der Waals surface area contributed by atoms with Gasteiger partial charge in [0.15, 0.2) is 0 Å². The summed E-state index contributed by atoms with van der Waals surface area (Å²) in [6.07, 6.45) is 2.58. The number of hydrogen-bond donors (Lipinski definition) is 1. The Morgan fingerprint density at radius 1 is 1.17 bits per heavy atom. The predicted molar refractivity (Wildman–Crippen MR) is 74.7 cm³/mol. The lowest BCUT2D eigenvalue weighted by atomic mass is 9.88. The zero-order valence-corrected chi connectivity index (χ0v) is 11.2. The van der Waals surface area contributed by atoms with E-state index in [0.717, 1.165) is 13.1 Å². The van der Waals surface area contributed by atoms with Crippen LogP contribution in [0.5, 0.6) is 0 Å². The van der Waals surface area contributed by atoms with E-state index in [0.29, 0.717) is 0 Å². The lowest BCUT2D eigenvalue weighted by molar-refractivity contribution is -0.121. The third-order valence-corrected chi connectivity index (χ3v) is 4.09. The summed E-state index contributed by atoms with van der Waals surface area (Å²) >= 11 is 0. The first-order chi connectivity index (χ1) is 8.59. The van der Waals surface area contributed by atoms with E-state index in [1.165, 1.54) is 24.1 Å². The van der Waals surface area contributed by atoms with E-state index in [1.807, 2.05) is 6.92 Å². The van der Waals surface area contributed by atoms with Crippen molar-refractivity contribution >= 4 is 11.6 Å². The molecule has 1 aliphatic rings. The molecular formula is C15H22N2O. The Hall–Kier alpha value is -1.51. The summed E-state index contributed by atoms with van der Waals surface area (Å²) in [7, 11) is 0. The largest absolute Gasteiger partial charge is 0.372 e. The first-order valence-corrected chi connectivity index (χ1v) is 6.74. The van der Waals surface area contributed by atoms with Crippen LogP contribution in [-0.4, -0.2) is 19.0 Å². The molecule has 0 spiro atoms. The first-order valence-electron chi connectivity index (χ1n) is 6.74. The molecule has 1 amide bonds. The number of primary amides is 1. The Balaban J connectivity index is 2.09. The summed E-state index contributed by atoms with van der Waals surface area (Å²) in [6.45, 7) is 6.26. The fraction of sp³-hybridized carbons (Fsp3) is 0.533. The number of anilines is 1. The van der Waals surface area contributed by atoms with Gasteiger partial charge in [0.05, 0.1) is 0 Å². The van der Waals surface area contributed by atoms with E-state index in [2.05, 4.69) is 36.1 Å². The number of benzene rings is 1. The second kappa shape index (κ2) is 5.42. The fourth-order valence-electron chi connectivity index (χ4n) is 2.50. The minimum atomic E-state index is -0.230.